The number of nitrogens with zero attached hydrogens (tertiary/aromatic N) is 1. The SMILES string of the molecule is C[N@@+]12CCCC[C@@H]1[C@H](CCO)CCC2. The van der Waals surface area contributed by atoms with Gasteiger partial charge >= 0.3 is 0 Å². The molecule has 14 heavy (non-hydrogen) atoms. The van der Waals surface area contributed by atoms with Crippen molar-refractivity contribution in [2.24, 2.45) is 5.92 Å². The van der Waals surface area contributed by atoms with Crippen LogP contribution in [-0.4, -0.2) is 42.4 Å². The first-order chi connectivity index (χ1) is 6.76. The number of quaternary nitrogens is 1. The lowest BCUT2D eigenvalue weighted by atomic mass is 9.80. The first kappa shape index (κ1) is 10.4. The van der Waals surface area contributed by atoms with Gasteiger partial charge in [0, 0.05) is 12.5 Å². The molecule has 0 amide bonds. The van der Waals surface area contributed by atoms with Crippen molar-refractivity contribution in [2.75, 3.05) is 26.7 Å². The highest BCUT2D eigenvalue weighted by atomic mass is 16.3. The summed E-state index contributed by atoms with van der Waals surface area (Å²) in [4.78, 5) is 0. The van der Waals surface area contributed by atoms with Gasteiger partial charge in [0.2, 0.25) is 0 Å². The Hall–Kier alpha value is -0.0800. The van der Waals surface area contributed by atoms with Crippen LogP contribution in [0.2, 0.25) is 0 Å². The fraction of sp³-hybridized carbons (Fsp3) is 1.00. The number of aliphatic hydroxyl groups excluding tert-OH is 1. The Kier molecular flexibility index (Phi) is 3.13. The lowest BCUT2D eigenvalue weighted by Gasteiger charge is -2.51. The molecule has 0 aromatic heterocycles. The predicted molar refractivity (Wildman–Crippen MR) is 58.0 cm³/mol. The maximum Gasteiger partial charge on any atom is 0.0917 e. The van der Waals surface area contributed by atoms with E-state index in [1.165, 1.54) is 49.7 Å². The van der Waals surface area contributed by atoms with Gasteiger partial charge < -0.3 is 9.59 Å². The Morgan fingerprint density at radius 2 is 1.93 bits per heavy atom. The summed E-state index contributed by atoms with van der Waals surface area (Å²) >= 11 is 0. The second-order valence-corrected chi connectivity index (χ2v) is 5.40. The molecule has 0 spiro atoms. The highest BCUT2D eigenvalue weighted by Gasteiger charge is 2.42. The van der Waals surface area contributed by atoms with Crippen molar-refractivity contribution in [1.29, 1.82) is 0 Å². The minimum atomic E-state index is 0.390. The summed E-state index contributed by atoms with van der Waals surface area (Å²) in [5, 5.41) is 9.09. The van der Waals surface area contributed by atoms with Gasteiger partial charge in [0.15, 0.2) is 0 Å². The molecule has 0 aliphatic carbocycles. The van der Waals surface area contributed by atoms with Crippen molar-refractivity contribution < 1.29 is 9.59 Å². The zero-order valence-corrected chi connectivity index (χ0v) is 9.41. The molecule has 2 aliphatic heterocycles. The molecule has 2 rings (SSSR count). The van der Waals surface area contributed by atoms with E-state index >= 15 is 0 Å². The van der Waals surface area contributed by atoms with Crippen molar-refractivity contribution in [3.63, 3.8) is 0 Å². The number of piperidine rings is 2. The van der Waals surface area contributed by atoms with Gasteiger partial charge in [-0.05, 0) is 38.5 Å². The molecule has 2 nitrogen and oxygen atoms in total. The number of hydrogen-bond acceptors (Lipinski definition) is 1. The Morgan fingerprint density at radius 1 is 1.14 bits per heavy atom. The molecule has 0 unspecified atom stereocenters. The minimum absolute atomic E-state index is 0.390. The molecule has 0 aromatic rings. The zero-order valence-electron chi connectivity index (χ0n) is 9.41. The number of rotatable bonds is 2. The molecule has 82 valence electrons. The van der Waals surface area contributed by atoms with Crippen LogP contribution in [0.3, 0.4) is 0 Å². The largest absolute Gasteiger partial charge is 0.396 e. The lowest BCUT2D eigenvalue weighted by Crippen LogP contribution is -2.60. The van der Waals surface area contributed by atoms with Crippen LogP contribution in [-0.2, 0) is 0 Å². The summed E-state index contributed by atoms with van der Waals surface area (Å²) in [5.41, 5.74) is 0. The Morgan fingerprint density at radius 3 is 2.71 bits per heavy atom. The highest BCUT2D eigenvalue weighted by Crippen LogP contribution is 2.37. The monoisotopic (exact) mass is 198 g/mol. The average molecular weight is 198 g/mol. The van der Waals surface area contributed by atoms with Crippen LogP contribution in [0.1, 0.15) is 38.5 Å². The normalized spacial score (nSPS) is 43.3. The van der Waals surface area contributed by atoms with Crippen LogP contribution in [0, 0.1) is 5.92 Å². The van der Waals surface area contributed by atoms with Gasteiger partial charge in [0.1, 0.15) is 0 Å². The number of aliphatic hydroxyl groups is 1. The van der Waals surface area contributed by atoms with Crippen LogP contribution in [0.4, 0.5) is 0 Å². The standard InChI is InChI=1S/C12H24NO/c1-13-8-3-2-6-12(13)11(7-10-14)5-4-9-13/h11-12,14H,2-10H2,1H3/q+1/t11-,12+,13-/m0/s1. The third-order valence-electron chi connectivity index (χ3n) is 4.51. The van der Waals surface area contributed by atoms with Gasteiger partial charge in [0.25, 0.3) is 0 Å². The number of hydrogen-bond donors (Lipinski definition) is 1. The average Bonchev–Trinajstić information content (AvgIpc) is 2.18. The van der Waals surface area contributed by atoms with Gasteiger partial charge in [0.05, 0.1) is 26.2 Å². The van der Waals surface area contributed by atoms with E-state index in [9.17, 15) is 0 Å². The van der Waals surface area contributed by atoms with Crippen LogP contribution < -0.4 is 0 Å². The lowest BCUT2D eigenvalue weighted by molar-refractivity contribution is -0.947. The summed E-state index contributed by atoms with van der Waals surface area (Å²) in [6, 6.07) is 0.865. The molecule has 3 atom stereocenters. The molecule has 2 aliphatic rings. The molecule has 0 saturated carbocycles. The Labute approximate surface area is 87.5 Å². The predicted octanol–water partition coefficient (Wildman–Crippen LogP) is 1.78. The van der Waals surface area contributed by atoms with Gasteiger partial charge in [-0.15, -0.1) is 0 Å². The molecule has 0 bridgehead atoms. The summed E-state index contributed by atoms with van der Waals surface area (Å²) in [7, 11) is 2.44. The van der Waals surface area contributed by atoms with E-state index in [4.69, 9.17) is 5.11 Å². The molecule has 2 saturated heterocycles. The fourth-order valence-corrected chi connectivity index (χ4v) is 3.74. The molecule has 2 heteroatoms. The maximum absolute atomic E-state index is 9.09. The van der Waals surface area contributed by atoms with Gasteiger partial charge in [-0.25, -0.2) is 0 Å². The van der Waals surface area contributed by atoms with E-state index in [0.29, 0.717) is 6.61 Å². The van der Waals surface area contributed by atoms with E-state index in [1.54, 1.807) is 0 Å². The minimum Gasteiger partial charge on any atom is -0.396 e. The molecule has 2 heterocycles. The molecule has 0 radical (unpaired) electrons. The van der Waals surface area contributed by atoms with Crippen LogP contribution in [0.5, 0.6) is 0 Å². The van der Waals surface area contributed by atoms with E-state index < -0.39 is 0 Å². The van der Waals surface area contributed by atoms with Crippen LogP contribution in [0.25, 0.3) is 0 Å². The third-order valence-corrected chi connectivity index (χ3v) is 4.51. The summed E-state index contributed by atoms with van der Waals surface area (Å²) in [6.45, 7) is 3.15. The van der Waals surface area contributed by atoms with Crippen molar-refractivity contribution in [3.05, 3.63) is 0 Å². The van der Waals surface area contributed by atoms with Crippen LogP contribution in [0.15, 0.2) is 0 Å². The second-order valence-electron chi connectivity index (χ2n) is 5.40. The van der Waals surface area contributed by atoms with Gasteiger partial charge in [-0.3, -0.25) is 0 Å². The van der Waals surface area contributed by atoms with Crippen molar-refractivity contribution in [3.8, 4) is 0 Å². The van der Waals surface area contributed by atoms with Crippen molar-refractivity contribution >= 4 is 0 Å². The summed E-state index contributed by atoms with van der Waals surface area (Å²) in [6.07, 6.45) is 8.01. The maximum atomic E-state index is 9.09. The van der Waals surface area contributed by atoms with Gasteiger partial charge in [-0.2, -0.15) is 0 Å². The number of fused-ring (bicyclic) bond motifs is 1. The summed E-state index contributed by atoms with van der Waals surface area (Å²) in [5.74, 6) is 0.805. The zero-order chi connectivity index (χ0) is 10.0. The first-order valence-electron chi connectivity index (χ1n) is 6.21. The van der Waals surface area contributed by atoms with E-state index in [0.717, 1.165) is 18.4 Å². The van der Waals surface area contributed by atoms with Crippen LogP contribution >= 0.6 is 0 Å². The fourth-order valence-electron chi connectivity index (χ4n) is 3.74. The quantitative estimate of drug-likeness (QED) is 0.671. The van der Waals surface area contributed by atoms with E-state index in [1.807, 2.05) is 0 Å². The Bertz CT molecular complexity index is 189. The molecule has 0 aromatic carbocycles. The highest BCUT2D eigenvalue weighted by molar-refractivity contribution is 4.78. The molecular weight excluding hydrogens is 174 g/mol. The smallest absolute Gasteiger partial charge is 0.0917 e. The molecule has 1 N–H and O–H groups in total. The first-order valence-corrected chi connectivity index (χ1v) is 6.21. The van der Waals surface area contributed by atoms with E-state index in [2.05, 4.69) is 7.05 Å². The Balaban J connectivity index is 2.06. The second kappa shape index (κ2) is 4.19. The topological polar surface area (TPSA) is 20.2 Å². The van der Waals surface area contributed by atoms with E-state index in [-0.39, 0.29) is 0 Å². The summed E-state index contributed by atoms with van der Waals surface area (Å²) < 4.78 is 1.31. The van der Waals surface area contributed by atoms with Gasteiger partial charge in [-0.1, -0.05) is 0 Å². The molecular formula is C12H24NO+. The molecule has 2 fully saturated rings. The third kappa shape index (κ3) is 1.82. The van der Waals surface area contributed by atoms with Crippen molar-refractivity contribution in [2.45, 2.75) is 44.6 Å². The van der Waals surface area contributed by atoms with Crippen molar-refractivity contribution in [1.82, 2.24) is 0 Å².